The summed E-state index contributed by atoms with van der Waals surface area (Å²) in [5.74, 6) is -1.39. The molecule has 1 fully saturated rings. The van der Waals surface area contributed by atoms with Crippen LogP contribution in [0.4, 0.5) is 5.69 Å². The number of anilines is 1. The molecular formula is C17H22N2O4. The molecule has 0 atom stereocenters. The molecule has 0 bridgehead atoms. The maximum atomic E-state index is 12.2. The van der Waals surface area contributed by atoms with Crippen LogP contribution in [-0.2, 0) is 9.59 Å². The summed E-state index contributed by atoms with van der Waals surface area (Å²) in [5.41, 5.74) is 0.927. The molecule has 2 rings (SSSR count). The molecule has 23 heavy (non-hydrogen) atoms. The van der Waals surface area contributed by atoms with Gasteiger partial charge in [0, 0.05) is 31.8 Å². The van der Waals surface area contributed by atoms with Crippen LogP contribution in [0.15, 0.2) is 18.2 Å². The Balaban J connectivity index is 2.13. The molecule has 2 N–H and O–H groups in total. The Bertz CT molecular complexity index is 648. The standard InChI is InChI=1S/C17H22N2O4/c1-11-5-6-12(15(21)19(2)3)9-13(11)18-14(20)10-17(16(22)23)7-4-8-17/h5-6,9H,4,7-8,10H2,1-3H3,(H,18,20)(H,22,23). The molecule has 0 aliphatic heterocycles. The molecule has 1 aliphatic rings. The van der Waals surface area contributed by atoms with Crippen molar-refractivity contribution in [2.45, 2.75) is 32.6 Å². The van der Waals surface area contributed by atoms with E-state index in [1.165, 1.54) is 4.90 Å². The van der Waals surface area contributed by atoms with Crippen LogP contribution in [0.1, 0.15) is 41.6 Å². The normalized spacial score (nSPS) is 15.4. The number of rotatable bonds is 5. The van der Waals surface area contributed by atoms with E-state index in [0.29, 0.717) is 24.1 Å². The number of carboxylic acid groups (broad SMARTS) is 1. The Hall–Kier alpha value is -2.37. The van der Waals surface area contributed by atoms with E-state index < -0.39 is 11.4 Å². The van der Waals surface area contributed by atoms with Gasteiger partial charge in [-0.2, -0.15) is 0 Å². The summed E-state index contributed by atoms with van der Waals surface area (Å²) < 4.78 is 0. The van der Waals surface area contributed by atoms with Gasteiger partial charge in [-0.15, -0.1) is 0 Å². The Labute approximate surface area is 135 Å². The molecule has 6 nitrogen and oxygen atoms in total. The van der Waals surface area contributed by atoms with Gasteiger partial charge in [-0.05, 0) is 37.5 Å². The summed E-state index contributed by atoms with van der Waals surface area (Å²) in [6, 6.07) is 5.10. The minimum atomic E-state index is -0.922. The van der Waals surface area contributed by atoms with E-state index in [1.54, 1.807) is 32.3 Å². The lowest BCUT2D eigenvalue weighted by molar-refractivity contribution is -0.157. The van der Waals surface area contributed by atoms with Crippen molar-refractivity contribution >= 4 is 23.5 Å². The van der Waals surface area contributed by atoms with Gasteiger partial charge in [0.15, 0.2) is 0 Å². The van der Waals surface area contributed by atoms with Gasteiger partial charge in [0.2, 0.25) is 5.91 Å². The van der Waals surface area contributed by atoms with Gasteiger partial charge >= 0.3 is 5.97 Å². The maximum absolute atomic E-state index is 12.2. The number of hydrogen-bond donors (Lipinski definition) is 2. The predicted molar refractivity (Wildman–Crippen MR) is 86.4 cm³/mol. The molecule has 0 spiro atoms. The fraction of sp³-hybridized carbons (Fsp3) is 0.471. The second-order valence-electron chi connectivity index (χ2n) is 6.39. The summed E-state index contributed by atoms with van der Waals surface area (Å²) in [5, 5.41) is 12.1. The largest absolute Gasteiger partial charge is 0.481 e. The minimum absolute atomic E-state index is 0.0341. The van der Waals surface area contributed by atoms with Crippen molar-refractivity contribution in [2.75, 3.05) is 19.4 Å². The maximum Gasteiger partial charge on any atom is 0.310 e. The van der Waals surface area contributed by atoms with Crippen molar-refractivity contribution in [2.24, 2.45) is 5.41 Å². The average Bonchev–Trinajstić information content (AvgIpc) is 2.44. The van der Waals surface area contributed by atoms with Crippen molar-refractivity contribution in [1.29, 1.82) is 0 Å². The van der Waals surface area contributed by atoms with Crippen LogP contribution in [0.5, 0.6) is 0 Å². The summed E-state index contributed by atoms with van der Waals surface area (Å²) in [6.07, 6.45) is 1.88. The third kappa shape index (κ3) is 3.52. The third-order valence-electron chi connectivity index (χ3n) is 4.43. The fourth-order valence-corrected chi connectivity index (χ4v) is 2.72. The van der Waals surface area contributed by atoms with Crippen LogP contribution < -0.4 is 5.32 Å². The van der Waals surface area contributed by atoms with Crippen LogP contribution in [0.25, 0.3) is 0 Å². The highest BCUT2D eigenvalue weighted by molar-refractivity contribution is 5.98. The first kappa shape index (κ1) is 17.0. The molecule has 0 saturated heterocycles. The van der Waals surface area contributed by atoms with E-state index in [4.69, 9.17) is 0 Å². The molecule has 0 radical (unpaired) electrons. The summed E-state index contributed by atoms with van der Waals surface area (Å²) in [7, 11) is 3.32. The lowest BCUT2D eigenvalue weighted by atomic mass is 9.66. The van der Waals surface area contributed by atoms with Crippen LogP contribution >= 0.6 is 0 Å². The molecule has 0 aromatic heterocycles. The molecule has 0 heterocycles. The summed E-state index contributed by atoms with van der Waals surface area (Å²) in [4.78, 5) is 37.0. The van der Waals surface area contributed by atoms with Gasteiger partial charge in [-0.3, -0.25) is 14.4 Å². The number of nitrogens with one attached hydrogen (secondary N) is 1. The number of amides is 2. The summed E-state index contributed by atoms with van der Waals surface area (Å²) >= 11 is 0. The molecule has 1 aliphatic carbocycles. The third-order valence-corrected chi connectivity index (χ3v) is 4.43. The van der Waals surface area contributed by atoms with E-state index in [2.05, 4.69) is 5.32 Å². The average molecular weight is 318 g/mol. The Morgan fingerprint density at radius 1 is 1.26 bits per heavy atom. The van der Waals surface area contributed by atoms with Crippen molar-refractivity contribution in [3.8, 4) is 0 Å². The second-order valence-corrected chi connectivity index (χ2v) is 6.39. The highest BCUT2D eigenvalue weighted by atomic mass is 16.4. The highest BCUT2D eigenvalue weighted by Crippen LogP contribution is 2.44. The number of benzene rings is 1. The smallest absolute Gasteiger partial charge is 0.310 e. The van der Waals surface area contributed by atoms with E-state index in [0.717, 1.165) is 12.0 Å². The highest BCUT2D eigenvalue weighted by Gasteiger charge is 2.45. The van der Waals surface area contributed by atoms with Crippen LogP contribution in [-0.4, -0.2) is 41.9 Å². The molecule has 2 amide bonds. The fourth-order valence-electron chi connectivity index (χ4n) is 2.72. The van der Waals surface area contributed by atoms with Gasteiger partial charge in [0.1, 0.15) is 0 Å². The molecule has 1 aromatic carbocycles. The van der Waals surface area contributed by atoms with Gasteiger partial charge in [0.25, 0.3) is 5.91 Å². The van der Waals surface area contributed by atoms with Gasteiger partial charge in [0.05, 0.1) is 5.41 Å². The minimum Gasteiger partial charge on any atom is -0.481 e. The van der Waals surface area contributed by atoms with Crippen molar-refractivity contribution in [3.05, 3.63) is 29.3 Å². The Kier molecular flexibility index (Phi) is 4.73. The van der Waals surface area contributed by atoms with Crippen LogP contribution in [0.3, 0.4) is 0 Å². The van der Waals surface area contributed by atoms with E-state index >= 15 is 0 Å². The van der Waals surface area contributed by atoms with Crippen molar-refractivity contribution in [1.82, 2.24) is 4.90 Å². The summed E-state index contributed by atoms with van der Waals surface area (Å²) in [6.45, 7) is 1.83. The number of aliphatic carboxylic acids is 1. The first-order valence-corrected chi connectivity index (χ1v) is 7.61. The zero-order valence-corrected chi connectivity index (χ0v) is 13.7. The Morgan fingerprint density at radius 3 is 2.39 bits per heavy atom. The molecule has 124 valence electrons. The number of nitrogens with zero attached hydrogens (tertiary/aromatic N) is 1. The number of aryl methyl sites for hydroxylation is 1. The zero-order chi connectivity index (χ0) is 17.2. The lowest BCUT2D eigenvalue weighted by Crippen LogP contribution is -2.41. The number of carboxylic acids is 1. The van der Waals surface area contributed by atoms with E-state index in [-0.39, 0.29) is 18.2 Å². The predicted octanol–water partition coefficient (Wildman–Crippen LogP) is 2.28. The SMILES string of the molecule is Cc1ccc(C(=O)N(C)C)cc1NC(=O)CC1(C(=O)O)CCC1. The van der Waals surface area contributed by atoms with Crippen molar-refractivity contribution < 1.29 is 19.5 Å². The van der Waals surface area contributed by atoms with E-state index in [9.17, 15) is 19.5 Å². The second kappa shape index (κ2) is 6.40. The molecule has 1 aromatic rings. The molecule has 0 unspecified atom stereocenters. The number of hydrogen-bond acceptors (Lipinski definition) is 3. The molecule has 6 heteroatoms. The number of carbonyl (C=O) groups excluding carboxylic acids is 2. The molecular weight excluding hydrogens is 296 g/mol. The van der Waals surface area contributed by atoms with Gasteiger partial charge in [-0.25, -0.2) is 0 Å². The first-order valence-electron chi connectivity index (χ1n) is 7.61. The van der Waals surface area contributed by atoms with Gasteiger partial charge < -0.3 is 15.3 Å². The Morgan fingerprint density at radius 2 is 1.91 bits per heavy atom. The van der Waals surface area contributed by atoms with Crippen molar-refractivity contribution in [3.63, 3.8) is 0 Å². The monoisotopic (exact) mass is 318 g/mol. The number of carbonyl (C=O) groups is 3. The molecule has 1 saturated carbocycles. The van der Waals surface area contributed by atoms with E-state index in [1.807, 2.05) is 6.92 Å². The first-order chi connectivity index (χ1) is 10.7. The van der Waals surface area contributed by atoms with Gasteiger partial charge in [-0.1, -0.05) is 12.5 Å². The van der Waals surface area contributed by atoms with Crippen LogP contribution in [0.2, 0.25) is 0 Å². The van der Waals surface area contributed by atoms with Crippen LogP contribution in [0, 0.1) is 12.3 Å². The quantitative estimate of drug-likeness (QED) is 0.872. The topological polar surface area (TPSA) is 86.7 Å². The zero-order valence-electron chi connectivity index (χ0n) is 13.7. The lowest BCUT2D eigenvalue weighted by Gasteiger charge is -2.36.